The summed E-state index contributed by atoms with van der Waals surface area (Å²) in [5.74, 6) is -0.570. The van der Waals surface area contributed by atoms with E-state index in [0.29, 0.717) is 34.9 Å². The van der Waals surface area contributed by atoms with Gasteiger partial charge in [0.2, 0.25) is 0 Å². The van der Waals surface area contributed by atoms with Gasteiger partial charge in [0.15, 0.2) is 0 Å². The standard InChI is InChI=1S/C22H20ClN3O2.2C2H6/c1-3-15-6-7-21(23)26-20(15)8-14(2)11-25-22(27)16-4-5-17-12-28-13-18(10-24)19(17)9-16;2*1-2/h3-9,18H,2,11-13H2,1H3,(H,25,27);2*1-2H3/b15-3-,20-8+;;. The minimum Gasteiger partial charge on any atom is -0.375 e. The molecule has 3 rings (SSSR count). The van der Waals surface area contributed by atoms with Gasteiger partial charge in [0.1, 0.15) is 5.15 Å². The molecule has 1 aliphatic rings. The average Bonchev–Trinajstić information content (AvgIpc) is 2.84. The monoisotopic (exact) mass is 453 g/mol. The molecule has 1 atom stereocenters. The van der Waals surface area contributed by atoms with E-state index in [0.717, 1.165) is 16.3 Å². The Morgan fingerprint density at radius 3 is 2.69 bits per heavy atom. The third kappa shape index (κ3) is 7.33. The Kier molecular flexibility index (Phi) is 12.0. The second-order valence-corrected chi connectivity index (χ2v) is 6.88. The highest BCUT2D eigenvalue weighted by atomic mass is 35.5. The van der Waals surface area contributed by atoms with Gasteiger partial charge < -0.3 is 10.1 Å². The maximum absolute atomic E-state index is 12.5. The zero-order valence-corrected chi connectivity index (χ0v) is 20.3. The molecule has 0 saturated heterocycles. The SMILES string of the molecule is C=C(/C=c1/nc(Cl)cc/c1=C/C)CNC(=O)c1ccc2c(c1)C(C#N)COC2.CC.CC. The van der Waals surface area contributed by atoms with E-state index < -0.39 is 0 Å². The van der Waals surface area contributed by atoms with Crippen molar-refractivity contribution in [3.8, 4) is 6.07 Å². The highest BCUT2D eigenvalue weighted by Crippen LogP contribution is 2.27. The molecule has 5 nitrogen and oxygen atoms in total. The molecular weight excluding hydrogens is 422 g/mol. The van der Waals surface area contributed by atoms with E-state index in [1.165, 1.54) is 0 Å². The normalized spacial score (nSPS) is 15.2. The fourth-order valence-corrected chi connectivity index (χ4v) is 3.19. The lowest BCUT2D eigenvalue weighted by atomic mass is 9.92. The molecule has 0 saturated carbocycles. The quantitative estimate of drug-likeness (QED) is 0.692. The summed E-state index contributed by atoms with van der Waals surface area (Å²) in [4.78, 5) is 16.8. The molecule has 1 aromatic heterocycles. The summed E-state index contributed by atoms with van der Waals surface area (Å²) in [5.41, 5.74) is 3.02. The van der Waals surface area contributed by atoms with Gasteiger partial charge in [-0.25, -0.2) is 4.98 Å². The van der Waals surface area contributed by atoms with Gasteiger partial charge >= 0.3 is 0 Å². The van der Waals surface area contributed by atoms with Gasteiger partial charge in [0.25, 0.3) is 5.91 Å². The Balaban J connectivity index is 0.00000121. The summed E-state index contributed by atoms with van der Waals surface area (Å²) in [6, 6.07) is 11.2. The van der Waals surface area contributed by atoms with Crippen LogP contribution in [0.3, 0.4) is 0 Å². The van der Waals surface area contributed by atoms with E-state index in [9.17, 15) is 10.1 Å². The molecule has 6 heteroatoms. The number of nitrogens with zero attached hydrogens (tertiary/aromatic N) is 2. The van der Waals surface area contributed by atoms with Gasteiger partial charge in [-0.05, 0) is 53.1 Å². The van der Waals surface area contributed by atoms with E-state index in [-0.39, 0.29) is 18.4 Å². The van der Waals surface area contributed by atoms with Crippen LogP contribution < -0.4 is 15.9 Å². The molecule has 1 amide bonds. The van der Waals surface area contributed by atoms with Crippen molar-refractivity contribution in [1.29, 1.82) is 5.26 Å². The number of aromatic nitrogens is 1. The molecule has 1 aromatic carbocycles. The van der Waals surface area contributed by atoms with Crippen molar-refractivity contribution in [2.24, 2.45) is 0 Å². The Morgan fingerprint density at radius 2 is 2.03 bits per heavy atom. The summed E-state index contributed by atoms with van der Waals surface area (Å²) >= 11 is 5.97. The highest BCUT2D eigenvalue weighted by Gasteiger charge is 2.21. The molecule has 1 aliphatic heterocycles. The smallest absolute Gasteiger partial charge is 0.251 e. The first-order valence-electron chi connectivity index (χ1n) is 10.9. The van der Waals surface area contributed by atoms with E-state index in [1.54, 1.807) is 24.3 Å². The average molecular weight is 454 g/mol. The van der Waals surface area contributed by atoms with Crippen LogP contribution in [0.1, 0.15) is 62.0 Å². The Labute approximate surface area is 196 Å². The number of pyridine rings is 1. The van der Waals surface area contributed by atoms with Crippen molar-refractivity contribution in [2.45, 2.75) is 47.1 Å². The number of nitrogens with one attached hydrogen (secondary N) is 1. The van der Waals surface area contributed by atoms with E-state index in [4.69, 9.17) is 16.3 Å². The van der Waals surface area contributed by atoms with Gasteiger partial charge in [0.05, 0.1) is 30.6 Å². The number of rotatable bonds is 4. The summed E-state index contributed by atoms with van der Waals surface area (Å²) in [5, 5.41) is 14.2. The van der Waals surface area contributed by atoms with Gasteiger partial charge in [-0.15, -0.1) is 0 Å². The topological polar surface area (TPSA) is 75.0 Å². The Hall–Kier alpha value is -2.94. The predicted molar refractivity (Wildman–Crippen MR) is 132 cm³/mol. The van der Waals surface area contributed by atoms with E-state index in [1.807, 2.05) is 52.8 Å². The van der Waals surface area contributed by atoms with Crippen molar-refractivity contribution in [3.05, 3.63) is 74.9 Å². The van der Waals surface area contributed by atoms with Crippen molar-refractivity contribution in [1.82, 2.24) is 10.3 Å². The maximum Gasteiger partial charge on any atom is 0.251 e. The van der Waals surface area contributed by atoms with Crippen LogP contribution in [-0.2, 0) is 11.3 Å². The molecular formula is C26H32ClN3O2. The van der Waals surface area contributed by atoms with Crippen LogP contribution >= 0.6 is 11.6 Å². The van der Waals surface area contributed by atoms with Gasteiger partial charge in [-0.2, -0.15) is 5.26 Å². The van der Waals surface area contributed by atoms with Crippen LogP contribution in [0.25, 0.3) is 12.2 Å². The molecule has 170 valence electrons. The van der Waals surface area contributed by atoms with Crippen molar-refractivity contribution in [2.75, 3.05) is 13.2 Å². The van der Waals surface area contributed by atoms with Gasteiger partial charge in [-0.3, -0.25) is 4.79 Å². The molecule has 0 bridgehead atoms. The van der Waals surface area contributed by atoms with Crippen LogP contribution in [0, 0.1) is 11.3 Å². The number of hydrogen-bond acceptors (Lipinski definition) is 4. The van der Waals surface area contributed by atoms with Gasteiger partial charge in [-0.1, -0.05) is 64.1 Å². The minimum absolute atomic E-state index is 0.220. The number of ether oxygens (including phenoxy) is 1. The molecule has 0 radical (unpaired) electrons. The molecule has 0 aliphatic carbocycles. The number of halogens is 1. The van der Waals surface area contributed by atoms with Crippen LogP contribution in [0.15, 0.2) is 42.5 Å². The maximum atomic E-state index is 12.5. The Bertz CT molecular complexity index is 1090. The first kappa shape index (κ1) is 27.1. The largest absolute Gasteiger partial charge is 0.375 e. The molecule has 1 unspecified atom stereocenters. The summed E-state index contributed by atoms with van der Waals surface area (Å²) in [6.07, 6.45) is 3.74. The van der Waals surface area contributed by atoms with Crippen molar-refractivity contribution >= 4 is 29.7 Å². The van der Waals surface area contributed by atoms with Gasteiger partial charge in [0, 0.05) is 12.1 Å². The highest BCUT2D eigenvalue weighted by molar-refractivity contribution is 6.29. The molecule has 0 fully saturated rings. The molecule has 32 heavy (non-hydrogen) atoms. The third-order valence-corrected chi connectivity index (χ3v) is 4.74. The predicted octanol–water partition coefficient (Wildman–Crippen LogP) is 4.49. The number of carbonyl (C=O) groups is 1. The molecule has 1 N–H and O–H groups in total. The second kappa shape index (κ2) is 14.2. The van der Waals surface area contributed by atoms with E-state index >= 15 is 0 Å². The van der Waals surface area contributed by atoms with Crippen molar-refractivity contribution < 1.29 is 9.53 Å². The lowest BCUT2D eigenvalue weighted by Crippen LogP contribution is -2.30. The number of benzene rings is 1. The molecule has 2 heterocycles. The van der Waals surface area contributed by atoms with E-state index in [2.05, 4.69) is 22.9 Å². The first-order valence-corrected chi connectivity index (χ1v) is 11.3. The van der Waals surface area contributed by atoms with Crippen molar-refractivity contribution in [3.63, 3.8) is 0 Å². The fraction of sp³-hybridized carbons (Fsp3) is 0.346. The number of amides is 1. The first-order chi connectivity index (χ1) is 15.5. The Morgan fingerprint density at radius 1 is 1.31 bits per heavy atom. The minimum atomic E-state index is -0.350. The van der Waals surface area contributed by atoms with Crippen LogP contribution in [-0.4, -0.2) is 24.0 Å². The van der Waals surface area contributed by atoms with Crippen LogP contribution in [0.5, 0.6) is 0 Å². The second-order valence-electron chi connectivity index (χ2n) is 6.49. The lowest BCUT2D eigenvalue weighted by Gasteiger charge is -2.21. The van der Waals surface area contributed by atoms with Crippen LogP contribution in [0.4, 0.5) is 0 Å². The molecule has 2 aromatic rings. The number of carbonyl (C=O) groups excluding carboxylic acids is 1. The summed E-state index contributed by atoms with van der Waals surface area (Å²) in [7, 11) is 0. The number of hydrogen-bond donors (Lipinski definition) is 1. The van der Waals surface area contributed by atoms with Crippen LogP contribution in [0.2, 0.25) is 5.15 Å². The molecule has 0 spiro atoms. The fourth-order valence-electron chi connectivity index (χ4n) is 3.04. The lowest BCUT2D eigenvalue weighted by molar-refractivity contribution is 0.0952. The third-order valence-electron chi connectivity index (χ3n) is 4.53. The zero-order valence-electron chi connectivity index (χ0n) is 19.5. The zero-order chi connectivity index (χ0) is 24.1. The summed E-state index contributed by atoms with van der Waals surface area (Å²) < 4.78 is 5.41. The number of fused-ring (bicyclic) bond motifs is 1. The number of nitriles is 1. The summed E-state index contributed by atoms with van der Waals surface area (Å²) in [6.45, 7) is 15.0.